The van der Waals surface area contributed by atoms with Gasteiger partial charge in [-0.2, -0.15) is 4.39 Å². The van der Waals surface area contributed by atoms with Gasteiger partial charge >= 0.3 is 5.69 Å². The Morgan fingerprint density at radius 2 is 1.52 bits per heavy atom. The van der Waals surface area contributed by atoms with Crippen molar-refractivity contribution >= 4 is 48.9 Å². The molecule has 0 radical (unpaired) electrons. The molecule has 0 heterocycles. The largest absolute Gasteiger partial charge is 0.395 e. The fourth-order valence-corrected chi connectivity index (χ4v) is 2.32. The first-order valence-electron chi connectivity index (χ1n) is 6.64. The van der Waals surface area contributed by atoms with Gasteiger partial charge in [0, 0.05) is 27.6 Å². The van der Waals surface area contributed by atoms with Crippen LogP contribution in [0.2, 0.25) is 0 Å². The minimum Gasteiger partial charge on any atom is -0.395 e. The Kier molecular flexibility index (Phi) is 8.38. The summed E-state index contributed by atoms with van der Waals surface area (Å²) in [4.78, 5) is 19.4. The smallest absolute Gasteiger partial charge is 0.304 e. The average molecular weight is 481 g/mol. The number of rotatable bonds is 5. The Balaban J connectivity index is 0.000000257. The molecule has 0 aromatic heterocycles. The lowest BCUT2D eigenvalue weighted by molar-refractivity contribution is -0.387. The van der Waals surface area contributed by atoms with Gasteiger partial charge in [-0.25, -0.2) is 0 Å². The van der Waals surface area contributed by atoms with E-state index < -0.39 is 21.4 Å². The maximum atomic E-state index is 12.6. The lowest BCUT2D eigenvalue weighted by Gasteiger charge is -2.05. The van der Waals surface area contributed by atoms with Crippen molar-refractivity contribution in [1.82, 2.24) is 0 Å². The second kappa shape index (κ2) is 10.0. The molecule has 2 N–H and O–H groups in total. The predicted octanol–water partition coefficient (Wildman–Crippen LogP) is 4.26. The molecule has 25 heavy (non-hydrogen) atoms. The highest BCUT2D eigenvalue weighted by molar-refractivity contribution is 9.10. The first-order valence-corrected chi connectivity index (χ1v) is 8.23. The van der Waals surface area contributed by atoms with Crippen molar-refractivity contribution in [2.24, 2.45) is 0 Å². The van der Waals surface area contributed by atoms with Crippen molar-refractivity contribution in [1.29, 1.82) is 0 Å². The van der Waals surface area contributed by atoms with Crippen LogP contribution in [0.25, 0.3) is 0 Å². The SMILES string of the molecule is O=[N+]([O-])c1ccc(Br)cc1F.O=[N+]([O-])c1ccc(Br)cc1NCCO. The van der Waals surface area contributed by atoms with Crippen LogP contribution in [-0.4, -0.2) is 28.1 Å². The zero-order chi connectivity index (χ0) is 19.0. The normalized spacial score (nSPS) is 9.76. The minimum atomic E-state index is -0.829. The quantitative estimate of drug-likeness (QED) is 0.487. The zero-order valence-electron chi connectivity index (χ0n) is 12.5. The Labute approximate surface area is 158 Å². The van der Waals surface area contributed by atoms with Crippen LogP contribution in [0.4, 0.5) is 21.5 Å². The maximum absolute atomic E-state index is 12.6. The molecule has 0 aliphatic heterocycles. The van der Waals surface area contributed by atoms with Gasteiger partial charge in [-0.15, -0.1) is 0 Å². The third-order valence-electron chi connectivity index (χ3n) is 2.69. The molecule has 2 aromatic rings. The van der Waals surface area contributed by atoms with Gasteiger partial charge in [0.15, 0.2) is 0 Å². The number of nitrogens with one attached hydrogen (secondary N) is 1. The van der Waals surface area contributed by atoms with E-state index in [1.54, 1.807) is 12.1 Å². The summed E-state index contributed by atoms with van der Waals surface area (Å²) in [6, 6.07) is 8.19. The average Bonchev–Trinajstić information content (AvgIpc) is 2.52. The van der Waals surface area contributed by atoms with Gasteiger partial charge in [0.2, 0.25) is 5.82 Å². The van der Waals surface area contributed by atoms with E-state index in [0.29, 0.717) is 10.2 Å². The first kappa shape index (κ1) is 20.9. The van der Waals surface area contributed by atoms with Crippen molar-refractivity contribution in [3.8, 4) is 0 Å². The fourth-order valence-electron chi connectivity index (χ4n) is 1.63. The van der Waals surface area contributed by atoms with E-state index >= 15 is 0 Å². The molecule has 134 valence electrons. The Morgan fingerprint density at radius 1 is 1.00 bits per heavy atom. The van der Waals surface area contributed by atoms with Gasteiger partial charge in [0.05, 0.1) is 16.5 Å². The van der Waals surface area contributed by atoms with Crippen molar-refractivity contribution in [3.63, 3.8) is 0 Å². The van der Waals surface area contributed by atoms with Crippen LogP contribution in [0, 0.1) is 26.0 Å². The van der Waals surface area contributed by atoms with Crippen LogP contribution in [-0.2, 0) is 0 Å². The summed E-state index contributed by atoms with van der Waals surface area (Å²) in [5, 5.41) is 32.0. The maximum Gasteiger partial charge on any atom is 0.304 e. The van der Waals surface area contributed by atoms with Crippen LogP contribution in [0.1, 0.15) is 0 Å². The highest BCUT2D eigenvalue weighted by Gasteiger charge is 2.13. The van der Waals surface area contributed by atoms with E-state index in [4.69, 9.17) is 5.11 Å². The Hall–Kier alpha value is -2.11. The van der Waals surface area contributed by atoms with Crippen LogP contribution in [0.15, 0.2) is 45.3 Å². The second-order valence-electron chi connectivity index (χ2n) is 4.42. The molecule has 8 nitrogen and oxygen atoms in total. The molecule has 0 saturated heterocycles. The van der Waals surface area contributed by atoms with Gasteiger partial charge in [-0.05, 0) is 24.3 Å². The molecule has 0 amide bonds. The molecular weight excluding hydrogens is 469 g/mol. The summed E-state index contributed by atoms with van der Waals surface area (Å²) in [6.07, 6.45) is 0. The van der Waals surface area contributed by atoms with E-state index in [2.05, 4.69) is 37.2 Å². The topological polar surface area (TPSA) is 119 Å². The van der Waals surface area contributed by atoms with Gasteiger partial charge < -0.3 is 10.4 Å². The fraction of sp³-hybridized carbons (Fsp3) is 0.143. The number of nitro benzene ring substituents is 2. The summed E-state index contributed by atoms with van der Waals surface area (Å²) in [7, 11) is 0. The standard InChI is InChI=1S/C8H9BrN2O3.C6H3BrFNO2/c9-6-1-2-8(11(13)14)7(5-6)10-3-4-12;7-4-1-2-6(9(10)11)5(8)3-4/h1-2,5,10,12H,3-4H2;1-3H. The molecule has 0 saturated carbocycles. The van der Waals surface area contributed by atoms with Crippen LogP contribution < -0.4 is 5.32 Å². The molecule has 0 spiro atoms. The molecule has 0 bridgehead atoms. The van der Waals surface area contributed by atoms with Gasteiger partial charge in [0.25, 0.3) is 5.69 Å². The Morgan fingerprint density at radius 3 is 2.00 bits per heavy atom. The van der Waals surface area contributed by atoms with Gasteiger partial charge in [0.1, 0.15) is 5.69 Å². The van der Waals surface area contributed by atoms with Crippen molar-refractivity contribution in [3.05, 3.63) is 71.4 Å². The van der Waals surface area contributed by atoms with Gasteiger partial charge in [-0.1, -0.05) is 31.9 Å². The summed E-state index contributed by atoms with van der Waals surface area (Å²) < 4.78 is 13.9. The molecule has 11 heteroatoms. The van der Waals surface area contributed by atoms with Gasteiger partial charge in [-0.3, -0.25) is 20.2 Å². The number of halogens is 3. The van der Waals surface area contributed by atoms with Crippen molar-refractivity contribution in [2.75, 3.05) is 18.5 Å². The lowest BCUT2D eigenvalue weighted by atomic mass is 10.2. The number of aliphatic hydroxyl groups excluding tert-OH is 1. The summed E-state index contributed by atoms with van der Waals surface area (Å²) >= 11 is 6.20. The number of benzene rings is 2. The summed E-state index contributed by atoms with van der Waals surface area (Å²) in [5.41, 5.74) is -0.103. The number of anilines is 1. The molecule has 0 aliphatic carbocycles. The molecule has 2 rings (SSSR count). The van der Waals surface area contributed by atoms with Crippen molar-refractivity contribution in [2.45, 2.75) is 0 Å². The molecule has 0 aliphatic rings. The van der Waals surface area contributed by atoms with E-state index in [-0.39, 0.29) is 18.8 Å². The predicted molar refractivity (Wildman–Crippen MR) is 97.1 cm³/mol. The van der Waals surface area contributed by atoms with Crippen LogP contribution in [0.5, 0.6) is 0 Å². The molecule has 2 aromatic carbocycles. The third kappa shape index (κ3) is 6.72. The van der Waals surface area contributed by atoms with Crippen LogP contribution in [0.3, 0.4) is 0 Å². The summed E-state index contributed by atoms with van der Waals surface area (Å²) in [6.45, 7) is 0.223. The number of hydrogen-bond acceptors (Lipinski definition) is 6. The summed E-state index contributed by atoms with van der Waals surface area (Å²) in [5.74, 6) is -0.829. The van der Waals surface area contributed by atoms with Crippen LogP contribution >= 0.6 is 31.9 Å². The molecular formula is C14H12Br2FN3O5. The first-order chi connectivity index (χ1) is 11.8. The highest BCUT2D eigenvalue weighted by atomic mass is 79.9. The molecule has 0 atom stereocenters. The Bertz CT molecular complexity index is 776. The number of hydrogen-bond donors (Lipinski definition) is 2. The van der Waals surface area contributed by atoms with E-state index in [9.17, 15) is 24.6 Å². The monoisotopic (exact) mass is 479 g/mol. The number of aliphatic hydroxyl groups is 1. The van der Waals surface area contributed by atoms with E-state index in [1.165, 1.54) is 12.1 Å². The highest BCUT2D eigenvalue weighted by Crippen LogP contribution is 2.27. The number of nitro groups is 2. The second-order valence-corrected chi connectivity index (χ2v) is 6.25. The lowest BCUT2D eigenvalue weighted by Crippen LogP contribution is -2.07. The minimum absolute atomic E-state index is 0.00153. The third-order valence-corrected chi connectivity index (χ3v) is 3.68. The van der Waals surface area contributed by atoms with E-state index in [1.807, 2.05) is 0 Å². The molecule has 0 fully saturated rings. The van der Waals surface area contributed by atoms with Crippen molar-refractivity contribution < 1.29 is 19.3 Å². The molecule has 0 unspecified atom stereocenters. The number of nitrogens with zero attached hydrogens (tertiary/aromatic N) is 2. The van der Waals surface area contributed by atoms with E-state index in [0.717, 1.165) is 16.6 Å². The zero-order valence-corrected chi connectivity index (χ0v) is 15.7.